The summed E-state index contributed by atoms with van der Waals surface area (Å²) in [5.41, 5.74) is 7.60. The second-order valence-corrected chi connectivity index (χ2v) is 3.50. The molecule has 1 aromatic heterocycles. The topological polar surface area (TPSA) is 48.1 Å². The first kappa shape index (κ1) is 10.5. The minimum atomic E-state index is 0.611. The van der Waals surface area contributed by atoms with Crippen molar-refractivity contribution in [2.45, 2.75) is 6.42 Å². The lowest BCUT2D eigenvalue weighted by Gasteiger charge is -2.08. The summed E-state index contributed by atoms with van der Waals surface area (Å²) in [5, 5.41) is 0. The first-order chi connectivity index (χ1) is 7.86. The van der Waals surface area contributed by atoms with Gasteiger partial charge in [-0.1, -0.05) is 18.2 Å². The summed E-state index contributed by atoms with van der Waals surface area (Å²) < 4.78 is 5.59. The summed E-state index contributed by atoms with van der Waals surface area (Å²) in [7, 11) is 0. The van der Waals surface area contributed by atoms with E-state index in [1.54, 1.807) is 6.20 Å². The Hall–Kier alpha value is -2.03. The average molecular weight is 214 g/mol. The van der Waals surface area contributed by atoms with Crippen LogP contribution in [0.1, 0.15) is 5.56 Å². The number of anilines is 1. The van der Waals surface area contributed by atoms with Crippen LogP contribution in [0.15, 0.2) is 48.8 Å². The molecule has 2 aromatic rings. The number of ether oxygens (including phenoxy) is 1. The lowest BCUT2D eigenvalue weighted by atomic mass is 10.2. The number of benzene rings is 1. The Morgan fingerprint density at radius 1 is 1.12 bits per heavy atom. The van der Waals surface area contributed by atoms with E-state index in [1.165, 1.54) is 0 Å². The predicted molar refractivity (Wildman–Crippen MR) is 64.3 cm³/mol. The van der Waals surface area contributed by atoms with Crippen molar-refractivity contribution in [3.05, 3.63) is 54.4 Å². The van der Waals surface area contributed by atoms with Gasteiger partial charge in [0.05, 0.1) is 12.3 Å². The van der Waals surface area contributed by atoms with Gasteiger partial charge in [-0.25, -0.2) is 0 Å². The zero-order valence-corrected chi connectivity index (χ0v) is 8.97. The van der Waals surface area contributed by atoms with Gasteiger partial charge in [0, 0.05) is 18.8 Å². The molecule has 0 saturated heterocycles. The van der Waals surface area contributed by atoms with Crippen LogP contribution in [0.2, 0.25) is 0 Å². The number of nitrogen functional groups attached to an aromatic ring is 1. The minimum absolute atomic E-state index is 0.611. The number of pyridine rings is 1. The maximum absolute atomic E-state index is 5.76. The Morgan fingerprint density at radius 2 is 2.00 bits per heavy atom. The van der Waals surface area contributed by atoms with Crippen LogP contribution < -0.4 is 10.5 Å². The standard InChI is InChI=1S/C13H14N2O/c14-12-5-1-2-6-13(12)16-9-7-11-4-3-8-15-10-11/h1-6,8,10H,7,9,14H2. The first-order valence-electron chi connectivity index (χ1n) is 5.22. The van der Waals surface area contributed by atoms with Crippen molar-refractivity contribution in [2.75, 3.05) is 12.3 Å². The van der Waals surface area contributed by atoms with Crippen molar-refractivity contribution >= 4 is 5.69 Å². The molecule has 3 heteroatoms. The predicted octanol–water partition coefficient (Wildman–Crippen LogP) is 2.29. The Morgan fingerprint density at radius 3 is 2.75 bits per heavy atom. The summed E-state index contributed by atoms with van der Waals surface area (Å²) in [6.07, 6.45) is 4.44. The molecule has 1 heterocycles. The molecule has 1 aromatic carbocycles. The van der Waals surface area contributed by atoms with Crippen molar-refractivity contribution in [1.82, 2.24) is 4.98 Å². The number of nitrogens with zero attached hydrogens (tertiary/aromatic N) is 1. The highest BCUT2D eigenvalue weighted by Gasteiger charge is 1.98. The van der Waals surface area contributed by atoms with Crippen molar-refractivity contribution < 1.29 is 4.74 Å². The molecule has 82 valence electrons. The summed E-state index contributed by atoms with van der Waals surface area (Å²) in [4.78, 5) is 4.05. The molecule has 2 N–H and O–H groups in total. The summed E-state index contributed by atoms with van der Waals surface area (Å²) >= 11 is 0. The number of para-hydroxylation sites is 2. The van der Waals surface area contributed by atoms with E-state index in [0.29, 0.717) is 12.3 Å². The quantitative estimate of drug-likeness (QED) is 0.794. The first-order valence-corrected chi connectivity index (χ1v) is 5.22. The fourth-order valence-corrected chi connectivity index (χ4v) is 1.44. The highest BCUT2D eigenvalue weighted by Crippen LogP contribution is 2.19. The molecule has 0 saturated carbocycles. The maximum atomic E-state index is 5.76. The van der Waals surface area contributed by atoms with Gasteiger partial charge >= 0.3 is 0 Å². The normalized spacial score (nSPS) is 10.0. The third-order valence-corrected chi connectivity index (χ3v) is 2.29. The van der Waals surface area contributed by atoms with E-state index in [-0.39, 0.29) is 0 Å². The van der Waals surface area contributed by atoms with Crippen LogP contribution in [0.5, 0.6) is 5.75 Å². The molecule has 0 amide bonds. The average Bonchev–Trinajstić information content (AvgIpc) is 2.33. The van der Waals surface area contributed by atoms with E-state index in [1.807, 2.05) is 42.6 Å². The van der Waals surface area contributed by atoms with Gasteiger partial charge in [0.15, 0.2) is 0 Å². The minimum Gasteiger partial charge on any atom is -0.491 e. The van der Waals surface area contributed by atoms with Crippen molar-refractivity contribution in [2.24, 2.45) is 0 Å². The Bertz CT molecular complexity index is 443. The van der Waals surface area contributed by atoms with Gasteiger partial charge in [-0.3, -0.25) is 4.98 Å². The van der Waals surface area contributed by atoms with Gasteiger partial charge in [-0.15, -0.1) is 0 Å². The zero-order valence-electron chi connectivity index (χ0n) is 8.97. The molecule has 0 spiro atoms. The van der Waals surface area contributed by atoms with Crippen molar-refractivity contribution in [3.63, 3.8) is 0 Å². The number of aromatic nitrogens is 1. The lowest BCUT2D eigenvalue weighted by molar-refractivity contribution is 0.323. The number of hydrogen-bond donors (Lipinski definition) is 1. The number of rotatable bonds is 4. The van der Waals surface area contributed by atoms with Gasteiger partial charge in [-0.2, -0.15) is 0 Å². The molecule has 0 aliphatic heterocycles. The van der Waals surface area contributed by atoms with Gasteiger partial charge in [0.2, 0.25) is 0 Å². The molecule has 16 heavy (non-hydrogen) atoms. The molecule has 0 aliphatic carbocycles. The van der Waals surface area contributed by atoms with Crippen LogP contribution in [0.25, 0.3) is 0 Å². The number of nitrogens with two attached hydrogens (primary N) is 1. The van der Waals surface area contributed by atoms with Crippen LogP contribution in [-0.2, 0) is 6.42 Å². The van der Waals surface area contributed by atoms with Gasteiger partial charge in [0.1, 0.15) is 5.75 Å². The molecule has 2 rings (SSSR count). The molecular formula is C13H14N2O. The third kappa shape index (κ3) is 2.73. The molecule has 3 nitrogen and oxygen atoms in total. The zero-order chi connectivity index (χ0) is 11.2. The molecule has 0 atom stereocenters. The molecule has 0 aliphatic rings. The van der Waals surface area contributed by atoms with Gasteiger partial charge < -0.3 is 10.5 Å². The largest absolute Gasteiger partial charge is 0.491 e. The smallest absolute Gasteiger partial charge is 0.142 e. The Kier molecular flexibility index (Phi) is 3.38. The maximum Gasteiger partial charge on any atom is 0.142 e. The fourth-order valence-electron chi connectivity index (χ4n) is 1.44. The third-order valence-electron chi connectivity index (χ3n) is 2.29. The molecule has 0 bridgehead atoms. The van der Waals surface area contributed by atoms with E-state index in [2.05, 4.69) is 4.98 Å². The molecular weight excluding hydrogens is 200 g/mol. The van der Waals surface area contributed by atoms with E-state index in [4.69, 9.17) is 10.5 Å². The highest BCUT2D eigenvalue weighted by molar-refractivity contribution is 5.51. The SMILES string of the molecule is Nc1ccccc1OCCc1cccnc1. The second-order valence-electron chi connectivity index (χ2n) is 3.50. The van der Waals surface area contributed by atoms with E-state index < -0.39 is 0 Å². The van der Waals surface area contributed by atoms with E-state index >= 15 is 0 Å². The van der Waals surface area contributed by atoms with Crippen LogP contribution in [-0.4, -0.2) is 11.6 Å². The van der Waals surface area contributed by atoms with Crippen molar-refractivity contribution in [1.29, 1.82) is 0 Å². The number of hydrogen-bond acceptors (Lipinski definition) is 3. The molecule has 0 fully saturated rings. The van der Waals surface area contributed by atoms with Crippen LogP contribution in [0, 0.1) is 0 Å². The van der Waals surface area contributed by atoms with Gasteiger partial charge in [0.25, 0.3) is 0 Å². The Balaban J connectivity index is 1.87. The van der Waals surface area contributed by atoms with E-state index in [9.17, 15) is 0 Å². The van der Waals surface area contributed by atoms with Crippen LogP contribution in [0.4, 0.5) is 5.69 Å². The highest BCUT2D eigenvalue weighted by atomic mass is 16.5. The summed E-state index contributed by atoms with van der Waals surface area (Å²) in [6.45, 7) is 0.611. The summed E-state index contributed by atoms with van der Waals surface area (Å²) in [5.74, 6) is 0.742. The van der Waals surface area contributed by atoms with Crippen LogP contribution >= 0.6 is 0 Å². The fraction of sp³-hybridized carbons (Fsp3) is 0.154. The van der Waals surface area contributed by atoms with Crippen molar-refractivity contribution in [3.8, 4) is 5.75 Å². The monoisotopic (exact) mass is 214 g/mol. The van der Waals surface area contributed by atoms with E-state index in [0.717, 1.165) is 17.7 Å². The van der Waals surface area contributed by atoms with Gasteiger partial charge in [-0.05, 0) is 23.8 Å². The second kappa shape index (κ2) is 5.16. The molecule has 0 unspecified atom stereocenters. The molecule has 0 radical (unpaired) electrons. The van der Waals surface area contributed by atoms with Crippen LogP contribution in [0.3, 0.4) is 0 Å². The Labute approximate surface area is 94.9 Å². The lowest BCUT2D eigenvalue weighted by Crippen LogP contribution is -2.03. The summed E-state index contributed by atoms with van der Waals surface area (Å²) in [6, 6.07) is 11.5.